The van der Waals surface area contributed by atoms with Crippen LogP contribution in [0.4, 0.5) is 5.82 Å². The summed E-state index contributed by atoms with van der Waals surface area (Å²) in [6, 6.07) is 9.44. The molecule has 18 heavy (non-hydrogen) atoms. The van der Waals surface area contributed by atoms with Gasteiger partial charge in [0.2, 0.25) is 5.88 Å². The monoisotopic (exact) mass is 240 g/mol. The van der Waals surface area contributed by atoms with E-state index in [1.807, 2.05) is 34.9 Å². The molecule has 0 aliphatic heterocycles. The summed E-state index contributed by atoms with van der Waals surface area (Å²) in [5, 5.41) is 0. The average Bonchev–Trinajstić information content (AvgIpc) is 2.77. The molecule has 3 aromatic heterocycles. The van der Waals surface area contributed by atoms with Crippen LogP contribution in [0.1, 0.15) is 0 Å². The van der Waals surface area contributed by atoms with Crippen molar-refractivity contribution < 1.29 is 4.74 Å². The van der Waals surface area contributed by atoms with E-state index in [0.29, 0.717) is 11.7 Å². The molecule has 0 saturated heterocycles. The minimum Gasteiger partial charge on any atom is -0.481 e. The summed E-state index contributed by atoms with van der Waals surface area (Å²) in [5.74, 6) is 1.18. The number of nitrogen functional groups attached to an aromatic ring is 1. The van der Waals surface area contributed by atoms with Gasteiger partial charge in [-0.25, -0.2) is 9.97 Å². The maximum Gasteiger partial charge on any atom is 0.212 e. The van der Waals surface area contributed by atoms with Crippen LogP contribution in [0, 0.1) is 0 Å². The van der Waals surface area contributed by atoms with E-state index in [-0.39, 0.29) is 0 Å². The Labute approximate surface area is 104 Å². The summed E-state index contributed by atoms with van der Waals surface area (Å²) in [4.78, 5) is 8.65. The summed E-state index contributed by atoms with van der Waals surface area (Å²) in [7, 11) is 1.58. The topological polar surface area (TPSA) is 65.4 Å². The summed E-state index contributed by atoms with van der Waals surface area (Å²) >= 11 is 0. The average molecular weight is 240 g/mol. The van der Waals surface area contributed by atoms with E-state index in [0.717, 1.165) is 16.9 Å². The maximum absolute atomic E-state index is 6.08. The number of methoxy groups -OCH3 is 1. The van der Waals surface area contributed by atoms with Crippen molar-refractivity contribution in [2.45, 2.75) is 0 Å². The molecule has 2 N–H and O–H groups in total. The lowest BCUT2D eigenvalue weighted by atomic mass is 10.2. The molecule has 0 aliphatic rings. The molecular formula is C13H12N4O. The minimum absolute atomic E-state index is 0.570. The number of hydrogen-bond acceptors (Lipinski definition) is 4. The SMILES string of the molecule is COc1ccc(-c2nc3ccccn3c2N)cn1. The van der Waals surface area contributed by atoms with Crippen molar-refractivity contribution >= 4 is 11.5 Å². The third-order valence-corrected chi connectivity index (χ3v) is 2.79. The third kappa shape index (κ3) is 1.57. The molecule has 0 bridgehead atoms. The molecule has 0 aromatic carbocycles. The highest BCUT2D eigenvalue weighted by Gasteiger charge is 2.11. The predicted molar refractivity (Wildman–Crippen MR) is 69.4 cm³/mol. The van der Waals surface area contributed by atoms with Crippen LogP contribution < -0.4 is 10.5 Å². The predicted octanol–water partition coefficient (Wildman–Crippen LogP) is 1.99. The number of hydrogen-bond donors (Lipinski definition) is 1. The van der Waals surface area contributed by atoms with Crippen molar-refractivity contribution in [2.24, 2.45) is 0 Å². The quantitative estimate of drug-likeness (QED) is 0.744. The van der Waals surface area contributed by atoms with Crippen LogP contribution in [0.25, 0.3) is 16.9 Å². The molecule has 0 unspecified atom stereocenters. The van der Waals surface area contributed by atoms with Crippen LogP contribution in [0.2, 0.25) is 0 Å². The van der Waals surface area contributed by atoms with Gasteiger partial charge in [0, 0.05) is 24.0 Å². The minimum atomic E-state index is 0.570. The van der Waals surface area contributed by atoms with Crippen molar-refractivity contribution in [1.29, 1.82) is 0 Å². The molecule has 3 aromatic rings. The number of ether oxygens (including phenoxy) is 1. The molecule has 3 heterocycles. The number of anilines is 1. The van der Waals surface area contributed by atoms with Gasteiger partial charge in [-0.1, -0.05) is 6.07 Å². The molecule has 0 amide bonds. The number of imidazole rings is 1. The number of aromatic nitrogens is 3. The molecule has 0 fully saturated rings. The largest absolute Gasteiger partial charge is 0.481 e. The molecule has 0 spiro atoms. The lowest BCUT2D eigenvalue weighted by molar-refractivity contribution is 0.398. The zero-order valence-corrected chi connectivity index (χ0v) is 9.87. The first-order chi connectivity index (χ1) is 8.79. The smallest absolute Gasteiger partial charge is 0.212 e. The number of fused-ring (bicyclic) bond motifs is 1. The number of nitrogens with two attached hydrogens (primary N) is 1. The van der Waals surface area contributed by atoms with Crippen molar-refractivity contribution in [3.8, 4) is 17.1 Å². The van der Waals surface area contributed by atoms with E-state index >= 15 is 0 Å². The first kappa shape index (κ1) is 10.6. The van der Waals surface area contributed by atoms with Gasteiger partial charge in [0.1, 0.15) is 17.2 Å². The zero-order chi connectivity index (χ0) is 12.5. The van der Waals surface area contributed by atoms with Gasteiger partial charge in [-0.05, 0) is 18.2 Å². The molecule has 90 valence electrons. The fraction of sp³-hybridized carbons (Fsp3) is 0.0769. The Hall–Kier alpha value is -2.56. The Morgan fingerprint density at radius 3 is 2.78 bits per heavy atom. The third-order valence-electron chi connectivity index (χ3n) is 2.79. The molecule has 5 nitrogen and oxygen atoms in total. The van der Waals surface area contributed by atoms with E-state index in [4.69, 9.17) is 10.5 Å². The maximum atomic E-state index is 6.08. The van der Waals surface area contributed by atoms with Crippen molar-refractivity contribution in [3.05, 3.63) is 42.7 Å². The van der Waals surface area contributed by atoms with Crippen molar-refractivity contribution in [2.75, 3.05) is 12.8 Å². The number of pyridine rings is 2. The molecule has 0 saturated carbocycles. The highest BCUT2D eigenvalue weighted by molar-refractivity contribution is 5.74. The Balaban J connectivity index is 2.15. The van der Waals surface area contributed by atoms with Gasteiger partial charge in [-0.2, -0.15) is 0 Å². The van der Waals surface area contributed by atoms with Gasteiger partial charge in [0.05, 0.1) is 7.11 Å². The first-order valence-electron chi connectivity index (χ1n) is 5.52. The standard InChI is InChI=1S/C13H12N4O/c1-18-11-6-5-9(8-15-11)12-13(14)17-7-3-2-4-10(17)16-12/h2-8H,14H2,1H3. The fourth-order valence-electron chi connectivity index (χ4n) is 1.87. The molecular weight excluding hydrogens is 228 g/mol. The summed E-state index contributed by atoms with van der Waals surface area (Å²) in [6.45, 7) is 0. The second-order valence-corrected chi connectivity index (χ2v) is 3.86. The van der Waals surface area contributed by atoms with Gasteiger partial charge in [0.25, 0.3) is 0 Å². The lowest BCUT2D eigenvalue weighted by Gasteiger charge is -2.01. The Bertz CT molecular complexity index is 688. The lowest BCUT2D eigenvalue weighted by Crippen LogP contribution is -1.94. The first-order valence-corrected chi connectivity index (χ1v) is 5.52. The fourth-order valence-corrected chi connectivity index (χ4v) is 1.87. The van der Waals surface area contributed by atoms with Crippen LogP contribution in [-0.2, 0) is 0 Å². The Morgan fingerprint density at radius 2 is 2.11 bits per heavy atom. The van der Waals surface area contributed by atoms with E-state index in [1.54, 1.807) is 19.4 Å². The normalized spacial score (nSPS) is 10.7. The van der Waals surface area contributed by atoms with Crippen LogP contribution in [-0.4, -0.2) is 21.5 Å². The molecule has 0 atom stereocenters. The second kappa shape index (κ2) is 4.03. The molecule has 0 radical (unpaired) electrons. The zero-order valence-electron chi connectivity index (χ0n) is 9.87. The van der Waals surface area contributed by atoms with Gasteiger partial charge in [-0.3, -0.25) is 4.40 Å². The van der Waals surface area contributed by atoms with E-state index in [9.17, 15) is 0 Å². The highest BCUT2D eigenvalue weighted by atomic mass is 16.5. The van der Waals surface area contributed by atoms with Crippen molar-refractivity contribution in [1.82, 2.24) is 14.4 Å². The Kier molecular flexibility index (Phi) is 2.37. The van der Waals surface area contributed by atoms with Gasteiger partial charge in [-0.15, -0.1) is 0 Å². The van der Waals surface area contributed by atoms with E-state index in [2.05, 4.69) is 9.97 Å². The highest BCUT2D eigenvalue weighted by Crippen LogP contribution is 2.26. The second-order valence-electron chi connectivity index (χ2n) is 3.86. The van der Waals surface area contributed by atoms with E-state index in [1.165, 1.54) is 0 Å². The summed E-state index contributed by atoms with van der Waals surface area (Å²) in [5.41, 5.74) is 8.51. The molecule has 0 aliphatic carbocycles. The summed E-state index contributed by atoms with van der Waals surface area (Å²) in [6.07, 6.45) is 3.59. The van der Waals surface area contributed by atoms with Crippen LogP contribution in [0.15, 0.2) is 42.7 Å². The van der Waals surface area contributed by atoms with Crippen LogP contribution >= 0.6 is 0 Å². The van der Waals surface area contributed by atoms with Crippen LogP contribution in [0.3, 0.4) is 0 Å². The van der Waals surface area contributed by atoms with Gasteiger partial charge < -0.3 is 10.5 Å². The van der Waals surface area contributed by atoms with Crippen molar-refractivity contribution in [3.63, 3.8) is 0 Å². The molecule has 5 heteroatoms. The summed E-state index contributed by atoms with van der Waals surface area (Å²) < 4.78 is 6.87. The number of rotatable bonds is 2. The Morgan fingerprint density at radius 1 is 1.22 bits per heavy atom. The van der Waals surface area contributed by atoms with E-state index < -0.39 is 0 Å². The van der Waals surface area contributed by atoms with Gasteiger partial charge >= 0.3 is 0 Å². The van der Waals surface area contributed by atoms with Gasteiger partial charge in [0.15, 0.2) is 0 Å². The molecule has 3 rings (SSSR count). The van der Waals surface area contributed by atoms with Crippen LogP contribution in [0.5, 0.6) is 5.88 Å². The number of nitrogens with zero attached hydrogens (tertiary/aromatic N) is 3.